The Morgan fingerprint density at radius 1 is 1.13 bits per heavy atom. The lowest BCUT2D eigenvalue weighted by Crippen LogP contribution is -2.38. The van der Waals surface area contributed by atoms with Crippen LogP contribution in [0.2, 0.25) is 0 Å². The highest BCUT2D eigenvalue weighted by atomic mass is 16.5. The number of carbonyl (C=O) groups is 1. The number of nitrogens with zero attached hydrogens (tertiary/aromatic N) is 3. The molecule has 7 heteroatoms. The van der Waals surface area contributed by atoms with E-state index in [0.717, 1.165) is 56.3 Å². The van der Waals surface area contributed by atoms with Crippen molar-refractivity contribution >= 4 is 16.9 Å². The van der Waals surface area contributed by atoms with Crippen molar-refractivity contribution in [2.24, 2.45) is 0 Å². The molecule has 0 aliphatic carbocycles. The summed E-state index contributed by atoms with van der Waals surface area (Å²) in [5.74, 6) is 1.56. The van der Waals surface area contributed by atoms with Gasteiger partial charge >= 0.3 is 0 Å². The zero-order chi connectivity index (χ0) is 20.8. The molecule has 0 unspecified atom stereocenters. The molecule has 7 nitrogen and oxygen atoms in total. The third kappa shape index (κ3) is 4.80. The molecule has 0 atom stereocenters. The van der Waals surface area contributed by atoms with Crippen LogP contribution in [0.25, 0.3) is 11.0 Å². The number of imidazole rings is 1. The maximum atomic E-state index is 12.5. The number of amides is 1. The predicted molar refractivity (Wildman–Crippen MR) is 116 cm³/mol. The van der Waals surface area contributed by atoms with Crippen molar-refractivity contribution in [2.75, 3.05) is 46.5 Å². The quantitative estimate of drug-likeness (QED) is 0.620. The van der Waals surface area contributed by atoms with Gasteiger partial charge in [-0.05, 0) is 30.3 Å². The van der Waals surface area contributed by atoms with Gasteiger partial charge in [0, 0.05) is 44.7 Å². The first-order chi connectivity index (χ1) is 14.7. The Labute approximate surface area is 176 Å². The second-order valence-corrected chi connectivity index (χ2v) is 7.36. The molecule has 1 aliphatic heterocycles. The zero-order valence-electron chi connectivity index (χ0n) is 17.3. The Kier molecular flexibility index (Phi) is 6.61. The first kappa shape index (κ1) is 20.4. The molecular formula is C23H28N4O3. The number of ether oxygens (including phenoxy) is 2. The first-order valence-corrected chi connectivity index (χ1v) is 10.4. The number of carbonyl (C=O) groups excluding carboxylic acids is 1. The van der Waals surface area contributed by atoms with Crippen LogP contribution in [0.4, 0.5) is 0 Å². The molecule has 0 saturated carbocycles. The zero-order valence-corrected chi connectivity index (χ0v) is 17.3. The number of aromatic nitrogens is 2. The van der Waals surface area contributed by atoms with Crippen LogP contribution < -0.4 is 10.1 Å². The van der Waals surface area contributed by atoms with Crippen LogP contribution >= 0.6 is 0 Å². The van der Waals surface area contributed by atoms with Crippen LogP contribution in [0.15, 0.2) is 48.5 Å². The summed E-state index contributed by atoms with van der Waals surface area (Å²) in [6, 6.07) is 15.4. The number of methoxy groups -OCH3 is 1. The van der Waals surface area contributed by atoms with Gasteiger partial charge in [-0.2, -0.15) is 0 Å². The lowest BCUT2D eigenvalue weighted by atomic mass is 10.2. The summed E-state index contributed by atoms with van der Waals surface area (Å²) in [6.45, 7) is 5.91. The smallest absolute Gasteiger partial charge is 0.251 e. The summed E-state index contributed by atoms with van der Waals surface area (Å²) in [7, 11) is 1.60. The van der Waals surface area contributed by atoms with Crippen LogP contribution in [-0.4, -0.2) is 66.9 Å². The van der Waals surface area contributed by atoms with Crippen molar-refractivity contribution in [3.63, 3.8) is 0 Å². The van der Waals surface area contributed by atoms with E-state index in [9.17, 15) is 4.79 Å². The van der Waals surface area contributed by atoms with E-state index in [2.05, 4.69) is 20.9 Å². The molecule has 30 heavy (non-hydrogen) atoms. The number of nitrogens with one attached hydrogen (secondary N) is 1. The summed E-state index contributed by atoms with van der Waals surface area (Å²) >= 11 is 0. The maximum Gasteiger partial charge on any atom is 0.251 e. The van der Waals surface area contributed by atoms with E-state index >= 15 is 0 Å². The van der Waals surface area contributed by atoms with E-state index in [1.165, 1.54) is 0 Å². The van der Waals surface area contributed by atoms with Gasteiger partial charge in [0.15, 0.2) is 0 Å². The summed E-state index contributed by atoms with van der Waals surface area (Å²) in [6.07, 6.45) is 0.674. The molecule has 1 amide bonds. The standard InChI is InChI=1S/C23H28N4O3/c1-29-19-6-4-5-18(17-19)23(28)24-10-9-22-25-20-7-2-3-8-21(20)27(22)12-11-26-13-15-30-16-14-26/h2-8,17H,9-16H2,1H3,(H,24,28). The van der Waals surface area contributed by atoms with Crippen molar-refractivity contribution in [3.05, 3.63) is 59.9 Å². The Morgan fingerprint density at radius 2 is 1.97 bits per heavy atom. The van der Waals surface area contributed by atoms with E-state index in [1.807, 2.05) is 30.3 Å². The molecule has 3 aromatic rings. The van der Waals surface area contributed by atoms with Crippen LogP contribution in [0.5, 0.6) is 5.75 Å². The van der Waals surface area contributed by atoms with Gasteiger partial charge in [0.1, 0.15) is 11.6 Å². The summed E-state index contributed by atoms with van der Waals surface area (Å²) in [5, 5.41) is 3.00. The molecular weight excluding hydrogens is 380 g/mol. The molecule has 1 aliphatic rings. The Morgan fingerprint density at radius 3 is 2.80 bits per heavy atom. The predicted octanol–water partition coefficient (Wildman–Crippen LogP) is 2.35. The molecule has 158 valence electrons. The molecule has 1 fully saturated rings. The highest BCUT2D eigenvalue weighted by Gasteiger charge is 2.14. The molecule has 0 radical (unpaired) electrons. The lowest BCUT2D eigenvalue weighted by Gasteiger charge is -2.27. The van der Waals surface area contributed by atoms with Crippen LogP contribution in [-0.2, 0) is 17.7 Å². The van der Waals surface area contributed by atoms with Crippen molar-refractivity contribution in [2.45, 2.75) is 13.0 Å². The lowest BCUT2D eigenvalue weighted by molar-refractivity contribution is 0.0364. The molecule has 4 rings (SSSR count). The number of morpholine rings is 1. The second kappa shape index (κ2) is 9.73. The Hall–Kier alpha value is -2.90. The number of benzene rings is 2. The topological polar surface area (TPSA) is 68.6 Å². The van der Waals surface area contributed by atoms with Gasteiger partial charge in [-0.15, -0.1) is 0 Å². The van der Waals surface area contributed by atoms with Crippen LogP contribution in [0.3, 0.4) is 0 Å². The molecule has 2 heterocycles. The minimum Gasteiger partial charge on any atom is -0.497 e. The molecule has 2 aromatic carbocycles. The second-order valence-electron chi connectivity index (χ2n) is 7.36. The van der Waals surface area contributed by atoms with E-state index in [1.54, 1.807) is 19.2 Å². The molecule has 1 N–H and O–H groups in total. The normalized spacial score (nSPS) is 14.7. The van der Waals surface area contributed by atoms with Crippen molar-refractivity contribution in [1.29, 1.82) is 0 Å². The number of fused-ring (bicyclic) bond motifs is 1. The Balaban J connectivity index is 1.42. The molecule has 0 spiro atoms. The number of hydrogen-bond donors (Lipinski definition) is 1. The van der Waals surface area contributed by atoms with Gasteiger partial charge in [0.2, 0.25) is 0 Å². The van der Waals surface area contributed by atoms with Gasteiger partial charge < -0.3 is 19.4 Å². The highest BCUT2D eigenvalue weighted by Crippen LogP contribution is 2.17. The summed E-state index contributed by atoms with van der Waals surface area (Å²) < 4.78 is 12.9. The van der Waals surface area contributed by atoms with E-state index in [0.29, 0.717) is 24.3 Å². The largest absolute Gasteiger partial charge is 0.497 e. The third-order valence-electron chi connectivity index (χ3n) is 5.44. The van der Waals surface area contributed by atoms with Crippen LogP contribution in [0.1, 0.15) is 16.2 Å². The van der Waals surface area contributed by atoms with E-state index in [4.69, 9.17) is 14.5 Å². The summed E-state index contributed by atoms with van der Waals surface area (Å²) in [5.41, 5.74) is 2.73. The number of para-hydroxylation sites is 2. The average Bonchev–Trinajstić information content (AvgIpc) is 3.15. The summed E-state index contributed by atoms with van der Waals surface area (Å²) in [4.78, 5) is 19.7. The third-order valence-corrected chi connectivity index (χ3v) is 5.44. The SMILES string of the molecule is COc1cccc(C(=O)NCCc2nc3ccccc3n2CCN2CCOCC2)c1. The van der Waals surface area contributed by atoms with Gasteiger partial charge in [-0.3, -0.25) is 9.69 Å². The van der Waals surface area contributed by atoms with E-state index < -0.39 is 0 Å². The number of hydrogen-bond acceptors (Lipinski definition) is 5. The van der Waals surface area contributed by atoms with Crippen LogP contribution in [0, 0.1) is 0 Å². The highest BCUT2D eigenvalue weighted by molar-refractivity contribution is 5.94. The molecule has 0 bridgehead atoms. The fraction of sp³-hybridized carbons (Fsp3) is 0.391. The van der Waals surface area contributed by atoms with Gasteiger partial charge in [0.25, 0.3) is 5.91 Å². The molecule has 1 aromatic heterocycles. The van der Waals surface area contributed by atoms with Gasteiger partial charge in [-0.25, -0.2) is 4.98 Å². The Bertz CT molecular complexity index is 995. The molecule has 1 saturated heterocycles. The maximum absolute atomic E-state index is 12.5. The van der Waals surface area contributed by atoms with Crippen molar-refractivity contribution in [1.82, 2.24) is 19.8 Å². The minimum absolute atomic E-state index is 0.107. The number of rotatable bonds is 8. The fourth-order valence-corrected chi connectivity index (χ4v) is 3.79. The fourth-order valence-electron chi connectivity index (χ4n) is 3.79. The minimum atomic E-state index is -0.107. The first-order valence-electron chi connectivity index (χ1n) is 10.4. The van der Waals surface area contributed by atoms with Gasteiger partial charge in [-0.1, -0.05) is 18.2 Å². The average molecular weight is 409 g/mol. The van der Waals surface area contributed by atoms with Crippen molar-refractivity contribution in [3.8, 4) is 5.75 Å². The van der Waals surface area contributed by atoms with Gasteiger partial charge in [0.05, 0.1) is 31.4 Å². The van der Waals surface area contributed by atoms with E-state index in [-0.39, 0.29) is 5.91 Å². The monoisotopic (exact) mass is 408 g/mol. The van der Waals surface area contributed by atoms with Crippen molar-refractivity contribution < 1.29 is 14.3 Å².